The molecular formula is C35H32ClN3O4S. The maximum atomic E-state index is 13.1. The SMILES string of the molecule is CC(=O)[C@@H](OC(C)(C)C)c1c(C)cc2nc(-c3ccnc(-c4ccc5c(c4)OCC(=O)N5C)c3)sc2c1-c1ccc(Cl)cc1. The van der Waals surface area contributed by atoms with E-state index in [1.165, 1.54) is 0 Å². The van der Waals surface area contributed by atoms with E-state index in [0.29, 0.717) is 10.8 Å². The van der Waals surface area contributed by atoms with Gasteiger partial charge in [-0.3, -0.25) is 14.6 Å². The van der Waals surface area contributed by atoms with Gasteiger partial charge in [-0.25, -0.2) is 4.98 Å². The van der Waals surface area contributed by atoms with Gasteiger partial charge < -0.3 is 14.4 Å². The van der Waals surface area contributed by atoms with Gasteiger partial charge in [0.1, 0.15) is 16.9 Å². The lowest BCUT2D eigenvalue weighted by molar-refractivity contribution is -0.138. The van der Waals surface area contributed by atoms with Crippen molar-refractivity contribution >= 4 is 50.5 Å². The molecule has 0 saturated carbocycles. The molecule has 0 radical (unpaired) electrons. The quantitative estimate of drug-likeness (QED) is 0.188. The fourth-order valence-corrected chi connectivity index (χ4v) is 6.68. The van der Waals surface area contributed by atoms with Crippen molar-refractivity contribution in [3.63, 3.8) is 0 Å². The highest BCUT2D eigenvalue weighted by molar-refractivity contribution is 7.22. The molecule has 0 spiro atoms. The molecule has 44 heavy (non-hydrogen) atoms. The summed E-state index contributed by atoms with van der Waals surface area (Å²) in [7, 11) is 1.74. The fourth-order valence-electron chi connectivity index (χ4n) is 5.43. The smallest absolute Gasteiger partial charge is 0.264 e. The average molecular weight is 626 g/mol. The minimum absolute atomic E-state index is 0.00869. The Bertz CT molecular complexity index is 1930. The molecule has 1 aliphatic heterocycles. The average Bonchev–Trinajstić information content (AvgIpc) is 3.41. The third kappa shape index (κ3) is 5.73. The van der Waals surface area contributed by atoms with E-state index in [9.17, 15) is 9.59 Å². The molecule has 3 aromatic carbocycles. The van der Waals surface area contributed by atoms with Crippen molar-refractivity contribution in [3.8, 4) is 38.7 Å². The Hall–Kier alpha value is -4.11. The molecular weight excluding hydrogens is 594 g/mol. The number of carbonyl (C=O) groups excluding carboxylic acids is 2. The third-order valence-corrected chi connectivity index (χ3v) is 8.90. The first-order chi connectivity index (χ1) is 20.9. The number of aromatic nitrogens is 2. The van der Waals surface area contributed by atoms with E-state index in [-0.39, 0.29) is 18.3 Å². The monoisotopic (exact) mass is 625 g/mol. The number of Topliss-reactive ketones (excluding diaryl/α,β-unsaturated/α-hetero) is 1. The molecule has 0 N–H and O–H groups in total. The van der Waals surface area contributed by atoms with Gasteiger partial charge in [0.25, 0.3) is 5.91 Å². The first kappa shape index (κ1) is 29.9. The number of fused-ring (bicyclic) bond motifs is 2. The zero-order valence-electron chi connectivity index (χ0n) is 25.4. The summed E-state index contributed by atoms with van der Waals surface area (Å²) >= 11 is 7.84. The van der Waals surface area contributed by atoms with Crippen LogP contribution >= 0.6 is 22.9 Å². The Morgan fingerprint density at radius 1 is 1.05 bits per heavy atom. The van der Waals surface area contributed by atoms with Crippen LogP contribution in [0.15, 0.2) is 66.9 Å². The van der Waals surface area contributed by atoms with Crippen LogP contribution in [0.5, 0.6) is 5.75 Å². The topological polar surface area (TPSA) is 81.6 Å². The van der Waals surface area contributed by atoms with Crippen molar-refractivity contribution in [3.05, 3.63) is 83.0 Å². The number of ether oxygens (including phenoxy) is 2. The second-order valence-electron chi connectivity index (χ2n) is 11.9. The number of rotatable bonds is 6. The minimum Gasteiger partial charge on any atom is -0.482 e. The van der Waals surface area contributed by atoms with Crippen LogP contribution in [-0.2, 0) is 14.3 Å². The number of aryl methyl sites for hydroxylation is 1. The number of nitrogens with zero attached hydrogens (tertiary/aromatic N) is 3. The molecule has 0 fully saturated rings. The van der Waals surface area contributed by atoms with Gasteiger partial charge in [0, 0.05) is 40.5 Å². The predicted molar refractivity (Wildman–Crippen MR) is 177 cm³/mol. The summed E-state index contributed by atoms with van der Waals surface area (Å²) in [4.78, 5) is 36.4. The summed E-state index contributed by atoms with van der Waals surface area (Å²) in [6.07, 6.45) is 1.02. The first-order valence-electron chi connectivity index (χ1n) is 14.3. The number of pyridine rings is 1. The lowest BCUT2D eigenvalue weighted by Gasteiger charge is -2.29. The van der Waals surface area contributed by atoms with Crippen molar-refractivity contribution in [1.29, 1.82) is 0 Å². The van der Waals surface area contributed by atoms with E-state index in [2.05, 4.69) is 4.98 Å². The van der Waals surface area contributed by atoms with Crippen LogP contribution in [0.1, 0.15) is 44.9 Å². The van der Waals surface area contributed by atoms with Gasteiger partial charge in [0.15, 0.2) is 12.4 Å². The summed E-state index contributed by atoms with van der Waals surface area (Å²) in [6, 6.07) is 19.4. The van der Waals surface area contributed by atoms with E-state index < -0.39 is 11.7 Å². The summed E-state index contributed by atoms with van der Waals surface area (Å²) in [6.45, 7) is 9.45. The Labute approximate surface area is 265 Å². The fraction of sp³-hybridized carbons (Fsp3) is 0.257. The van der Waals surface area contributed by atoms with Crippen LogP contribution in [0.4, 0.5) is 5.69 Å². The molecule has 1 atom stereocenters. The van der Waals surface area contributed by atoms with Crippen LogP contribution in [0, 0.1) is 6.92 Å². The summed E-state index contributed by atoms with van der Waals surface area (Å²) < 4.78 is 13.0. The lowest BCUT2D eigenvalue weighted by atomic mass is 9.90. The summed E-state index contributed by atoms with van der Waals surface area (Å²) in [5.74, 6) is 0.493. The maximum Gasteiger partial charge on any atom is 0.264 e. The van der Waals surface area contributed by atoms with Gasteiger partial charge in [-0.2, -0.15) is 0 Å². The van der Waals surface area contributed by atoms with Crippen molar-refractivity contribution in [2.45, 2.75) is 46.3 Å². The van der Waals surface area contributed by atoms with Gasteiger partial charge >= 0.3 is 0 Å². The molecule has 0 aliphatic carbocycles. The Morgan fingerprint density at radius 2 is 1.77 bits per heavy atom. The van der Waals surface area contributed by atoms with Crippen LogP contribution in [0.2, 0.25) is 5.02 Å². The van der Waals surface area contributed by atoms with Gasteiger partial charge in [-0.05, 0) is 88.2 Å². The maximum absolute atomic E-state index is 13.1. The zero-order valence-corrected chi connectivity index (χ0v) is 27.0. The Kier molecular flexibility index (Phi) is 7.78. The standard InChI is InChI=1S/C35H32ClN3O4S/c1-19-15-26-33(31(21-7-10-24(36)11-8-21)30(19)32(20(2)40)43-35(3,4)5)44-34(38-26)23-13-14-37-25(16-23)22-9-12-27-28(17-22)42-18-29(41)39(27)6/h7-17,32H,18H2,1-6H3/t32-/m1/s1. The highest BCUT2D eigenvalue weighted by atomic mass is 35.5. The number of benzene rings is 3. The van der Waals surface area contributed by atoms with Crippen LogP contribution < -0.4 is 9.64 Å². The van der Waals surface area contributed by atoms with Crippen LogP contribution in [0.25, 0.3) is 43.2 Å². The number of carbonyl (C=O) groups is 2. The van der Waals surface area contributed by atoms with Gasteiger partial charge in [0.05, 0.1) is 27.2 Å². The summed E-state index contributed by atoms with van der Waals surface area (Å²) in [5, 5.41) is 1.46. The second kappa shape index (κ2) is 11.4. The number of ketones is 1. The van der Waals surface area contributed by atoms with Gasteiger partial charge in [-0.15, -0.1) is 11.3 Å². The van der Waals surface area contributed by atoms with E-state index in [1.54, 1.807) is 36.4 Å². The number of thiazole rings is 1. The van der Waals surface area contributed by atoms with E-state index in [4.69, 9.17) is 26.1 Å². The zero-order chi connectivity index (χ0) is 31.3. The molecule has 0 saturated heterocycles. The highest BCUT2D eigenvalue weighted by Crippen LogP contribution is 2.45. The molecule has 9 heteroatoms. The van der Waals surface area contributed by atoms with E-state index >= 15 is 0 Å². The molecule has 0 bridgehead atoms. The first-order valence-corrected chi connectivity index (χ1v) is 15.5. The van der Waals surface area contributed by atoms with E-state index in [1.807, 2.05) is 88.4 Å². The summed E-state index contributed by atoms with van der Waals surface area (Å²) in [5.41, 5.74) is 7.20. The molecule has 1 amide bonds. The number of likely N-dealkylation sites (N-methyl/N-ethyl adjacent to an activating group) is 1. The highest BCUT2D eigenvalue weighted by Gasteiger charge is 2.30. The number of hydrogen-bond acceptors (Lipinski definition) is 7. The molecule has 0 unspecified atom stereocenters. The van der Waals surface area contributed by atoms with Crippen molar-refractivity contribution < 1.29 is 19.1 Å². The van der Waals surface area contributed by atoms with Gasteiger partial charge in [-0.1, -0.05) is 29.8 Å². The number of halogens is 1. The number of anilines is 1. The Morgan fingerprint density at radius 3 is 2.48 bits per heavy atom. The van der Waals surface area contributed by atoms with Crippen LogP contribution in [-0.4, -0.2) is 40.9 Å². The normalized spacial score (nSPS) is 14.0. The van der Waals surface area contributed by atoms with Crippen molar-refractivity contribution in [1.82, 2.24) is 9.97 Å². The van der Waals surface area contributed by atoms with E-state index in [0.717, 1.165) is 60.0 Å². The van der Waals surface area contributed by atoms with Crippen LogP contribution in [0.3, 0.4) is 0 Å². The largest absolute Gasteiger partial charge is 0.482 e. The number of amides is 1. The molecule has 224 valence electrons. The second-order valence-corrected chi connectivity index (χ2v) is 13.4. The molecule has 1 aliphatic rings. The van der Waals surface area contributed by atoms with Crippen molar-refractivity contribution in [2.24, 2.45) is 0 Å². The molecule has 2 aromatic heterocycles. The molecule has 7 nitrogen and oxygen atoms in total. The van der Waals surface area contributed by atoms with Gasteiger partial charge in [0.2, 0.25) is 0 Å². The minimum atomic E-state index is -0.747. The third-order valence-electron chi connectivity index (χ3n) is 7.51. The molecule has 6 rings (SSSR count). The molecule has 3 heterocycles. The predicted octanol–water partition coefficient (Wildman–Crippen LogP) is 8.45. The van der Waals surface area contributed by atoms with Crippen molar-refractivity contribution in [2.75, 3.05) is 18.6 Å². The lowest BCUT2D eigenvalue weighted by Crippen LogP contribution is -2.35. The number of hydrogen-bond donors (Lipinski definition) is 0. The Balaban J connectivity index is 1.49. The molecule has 5 aromatic rings.